The van der Waals surface area contributed by atoms with Crippen molar-refractivity contribution in [2.45, 2.75) is 32.3 Å². The standard InChI is InChI=1S/C32H32N2O9/c1-4-11-43-31(41)34-17-7-5-15(6-8-17)18-9-10-21(35)24-19(18)12-16-13-20-22(14(2)3)26(36)25(30(33)40)29(39)32(20,42)28(38)23(16)27(24)37/h4-10,14,16,20,22,35,37,39,42H,1,11-13H2,2-3H3,(H2,33,40)(H,34,41)/t16-,20-,22-,32-/m0/s1. The van der Waals surface area contributed by atoms with Gasteiger partial charge < -0.3 is 30.9 Å². The SMILES string of the molecule is C=CCOC(=O)Nc1ccc(-c2ccc(O)c3c2C[C@H]2C[C@H]4[C@H](C(C)C)C(=O)C(C(N)=O)=C(O)[C@@]4(O)C(=O)C2=C3O)cc1. The van der Waals surface area contributed by atoms with Crippen molar-refractivity contribution in [2.24, 2.45) is 29.4 Å². The van der Waals surface area contributed by atoms with Gasteiger partial charge in [-0.15, -0.1) is 0 Å². The largest absolute Gasteiger partial charge is 0.508 e. The molecule has 0 aliphatic heterocycles. The Kier molecular flexibility index (Phi) is 7.39. The Morgan fingerprint density at radius 3 is 2.42 bits per heavy atom. The Hall–Kier alpha value is -4.90. The fourth-order valence-corrected chi connectivity index (χ4v) is 6.78. The van der Waals surface area contributed by atoms with Crippen molar-refractivity contribution >= 4 is 35.0 Å². The number of nitrogens with one attached hydrogen (secondary N) is 1. The number of phenolic OH excluding ortho intramolecular Hbond substituents is 1. The average molecular weight is 589 g/mol. The fraction of sp³-hybridized carbons (Fsp3) is 0.312. The van der Waals surface area contributed by atoms with Crippen molar-refractivity contribution in [1.82, 2.24) is 0 Å². The molecule has 224 valence electrons. The number of phenols is 1. The van der Waals surface area contributed by atoms with Crippen LogP contribution in [-0.4, -0.2) is 56.2 Å². The summed E-state index contributed by atoms with van der Waals surface area (Å²) in [4.78, 5) is 51.3. The highest BCUT2D eigenvalue weighted by Gasteiger charge is 2.64. The average Bonchev–Trinajstić information content (AvgIpc) is 2.94. The van der Waals surface area contributed by atoms with Crippen LogP contribution >= 0.6 is 0 Å². The highest BCUT2D eigenvalue weighted by Crippen LogP contribution is 2.55. The highest BCUT2D eigenvalue weighted by atomic mass is 16.5. The van der Waals surface area contributed by atoms with Crippen molar-refractivity contribution < 1.29 is 44.3 Å². The van der Waals surface area contributed by atoms with Gasteiger partial charge in [-0.2, -0.15) is 0 Å². The maximum atomic E-state index is 14.0. The molecular formula is C32H32N2O9. The van der Waals surface area contributed by atoms with Crippen LogP contribution in [0.5, 0.6) is 5.75 Å². The van der Waals surface area contributed by atoms with E-state index in [0.29, 0.717) is 22.4 Å². The summed E-state index contributed by atoms with van der Waals surface area (Å²) in [6, 6.07) is 9.82. The van der Waals surface area contributed by atoms with E-state index in [1.807, 2.05) is 0 Å². The summed E-state index contributed by atoms with van der Waals surface area (Å²) in [6.45, 7) is 6.97. The number of primary amides is 1. The van der Waals surface area contributed by atoms with Crippen molar-refractivity contribution in [1.29, 1.82) is 0 Å². The molecule has 0 heterocycles. The van der Waals surface area contributed by atoms with Gasteiger partial charge in [-0.05, 0) is 59.6 Å². The van der Waals surface area contributed by atoms with Crippen LogP contribution in [0.3, 0.4) is 0 Å². The van der Waals surface area contributed by atoms with Crippen molar-refractivity contribution in [2.75, 3.05) is 11.9 Å². The molecular weight excluding hydrogens is 556 g/mol. The smallest absolute Gasteiger partial charge is 0.411 e. The number of nitrogens with two attached hydrogens (primary N) is 1. The first kappa shape index (κ1) is 29.6. The number of carbonyl (C=O) groups excluding carboxylic acids is 4. The second-order valence-corrected chi connectivity index (χ2v) is 11.4. The number of fused-ring (bicyclic) bond motifs is 3. The van der Waals surface area contributed by atoms with E-state index in [9.17, 15) is 39.6 Å². The van der Waals surface area contributed by atoms with Crippen LogP contribution in [0.15, 0.2) is 66.0 Å². The van der Waals surface area contributed by atoms with E-state index in [2.05, 4.69) is 11.9 Å². The number of Topliss-reactive ketones (excluding diaryl/α,β-unsaturated/α-hetero) is 2. The van der Waals surface area contributed by atoms with E-state index < -0.39 is 69.9 Å². The maximum Gasteiger partial charge on any atom is 0.411 e. The van der Waals surface area contributed by atoms with Gasteiger partial charge in [0.25, 0.3) is 5.91 Å². The molecule has 3 aliphatic carbocycles. The number of amides is 2. The number of hydrogen-bond acceptors (Lipinski definition) is 9. The van der Waals surface area contributed by atoms with Gasteiger partial charge in [0.15, 0.2) is 11.4 Å². The number of aromatic hydroxyl groups is 1. The lowest BCUT2D eigenvalue weighted by Crippen LogP contribution is -2.62. The maximum absolute atomic E-state index is 14.0. The molecule has 0 radical (unpaired) electrons. The molecule has 3 aliphatic rings. The quantitative estimate of drug-likeness (QED) is 0.215. The lowest BCUT2D eigenvalue weighted by molar-refractivity contribution is -0.155. The third-order valence-electron chi connectivity index (χ3n) is 8.63. The molecule has 4 atom stereocenters. The number of anilines is 1. The lowest BCUT2D eigenvalue weighted by atomic mass is 9.54. The van der Waals surface area contributed by atoms with E-state index in [-0.39, 0.29) is 36.3 Å². The zero-order valence-corrected chi connectivity index (χ0v) is 23.6. The van der Waals surface area contributed by atoms with Gasteiger partial charge in [-0.1, -0.05) is 44.7 Å². The zero-order chi connectivity index (χ0) is 31.4. The number of ketones is 2. The molecule has 0 saturated heterocycles. The summed E-state index contributed by atoms with van der Waals surface area (Å²) >= 11 is 0. The second kappa shape index (κ2) is 10.7. The molecule has 1 fully saturated rings. The van der Waals surface area contributed by atoms with Gasteiger partial charge in [-0.3, -0.25) is 19.7 Å². The molecule has 43 heavy (non-hydrogen) atoms. The molecule has 11 nitrogen and oxygen atoms in total. The Labute approximate surface area is 247 Å². The number of ether oxygens (including phenoxy) is 1. The summed E-state index contributed by atoms with van der Waals surface area (Å²) < 4.78 is 4.93. The van der Waals surface area contributed by atoms with Gasteiger partial charge in [-0.25, -0.2) is 4.79 Å². The number of carbonyl (C=O) groups is 4. The van der Waals surface area contributed by atoms with Crippen LogP contribution in [0.1, 0.15) is 31.4 Å². The van der Waals surface area contributed by atoms with Crippen LogP contribution in [-0.2, 0) is 25.5 Å². The number of aliphatic hydroxyl groups excluding tert-OH is 2. The van der Waals surface area contributed by atoms with Gasteiger partial charge in [0.1, 0.15) is 29.4 Å². The predicted octanol–water partition coefficient (Wildman–Crippen LogP) is 3.71. The number of benzene rings is 2. The van der Waals surface area contributed by atoms with Crippen LogP contribution in [0.25, 0.3) is 16.9 Å². The molecule has 0 unspecified atom stereocenters. The summed E-state index contributed by atoms with van der Waals surface area (Å²) in [5.74, 6) is -8.21. The highest BCUT2D eigenvalue weighted by molar-refractivity contribution is 6.23. The second-order valence-electron chi connectivity index (χ2n) is 11.4. The number of aliphatic hydroxyl groups is 3. The van der Waals surface area contributed by atoms with Gasteiger partial charge >= 0.3 is 6.09 Å². The van der Waals surface area contributed by atoms with E-state index in [1.165, 1.54) is 12.1 Å². The molecule has 0 aromatic heterocycles. The van der Waals surface area contributed by atoms with Crippen LogP contribution in [0.4, 0.5) is 10.5 Å². The minimum absolute atomic E-state index is 0.000226. The molecule has 5 rings (SSSR count). The molecule has 0 spiro atoms. The Bertz CT molecular complexity index is 1640. The van der Waals surface area contributed by atoms with Crippen molar-refractivity contribution in [3.05, 3.63) is 77.1 Å². The lowest BCUT2D eigenvalue weighted by Gasteiger charge is -2.50. The molecule has 2 aromatic rings. The normalized spacial score (nSPS) is 24.7. The molecule has 7 N–H and O–H groups in total. The number of rotatable bonds is 6. The fourth-order valence-electron chi connectivity index (χ4n) is 6.78. The minimum atomic E-state index is -2.66. The first-order valence-electron chi connectivity index (χ1n) is 13.8. The first-order chi connectivity index (χ1) is 20.3. The van der Waals surface area contributed by atoms with E-state index >= 15 is 0 Å². The molecule has 0 bridgehead atoms. The Morgan fingerprint density at radius 2 is 1.81 bits per heavy atom. The first-order valence-corrected chi connectivity index (χ1v) is 13.8. The third-order valence-corrected chi connectivity index (χ3v) is 8.63. The van der Waals surface area contributed by atoms with Crippen LogP contribution in [0.2, 0.25) is 0 Å². The third kappa shape index (κ3) is 4.56. The Morgan fingerprint density at radius 1 is 1.14 bits per heavy atom. The molecule has 1 saturated carbocycles. The molecule has 11 heteroatoms. The summed E-state index contributed by atoms with van der Waals surface area (Å²) in [6.07, 6.45) is 0.982. The van der Waals surface area contributed by atoms with Crippen molar-refractivity contribution in [3.8, 4) is 16.9 Å². The summed E-state index contributed by atoms with van der Waals surface area (Å²) in [5.41, 5.74) is 4.04. The van der Waals surface area contributed by atoms with E-state index in [4.69, 9.17) is 10.5 Å². The minimum Gasteiger partial charge on any atom is -0.508 e. The van der Waals surface area contributed by atoms with E-state index in [0.717, 1.165) is 0 Å². The topological polar surface area (TPSA) is 196 Å². The van der Waals surface area contributed by atoms with Crippen LogP contribution in [0, 0.1) is 23.7 Å². The monoisotopic (exact) mass is 588 g/mol. The van der Waals surface area contributed by atoms with Gasteiger partial charge in [0.2, 0.25) is 5.78 Å². The van der Waals surface area contributed by atoms with Crippen LogP contribution < -0.4 is 11.1 Å². The summed E-state index contributed by atoms with van der Waals surface area (Å²) in [7, 11) is 0. The number of hydrogen-bond donors (Lipinski definition) is 6. The predicted molar refractivity (Wildman–Crippen MR) is 156 cm³/mol. The van der Waals surface area contributed by atoms with Gasteiger partial charge in [0, 0.05) is 23.1 Å². The van der Waals surface area contributed by atoms with Crippen molar-refractivity contribution in [3.63, 3.8) is 0 Å². The molecule has 2 aromatic carbocycles. The summed E-state index contributed by atoms with van der Waals surface area (Å²) in [5, 5.41) is 47.6. The zero-order valence-electron chi connectivity index (χ0n) is 23.6. The molecule has 2 amide bonds. The van der Waals surface area contributed by atoms with Gasteiger partial charge in [0.05, 0.1) is 5.56 Å². The Balaban J connectivity index is 1.60. The van der Waals surface area contributed by atoms with E-state index in [1.54, 1.807) is 44.2 Å².